The second-order valence-electron chi connectivity index (χ2n) is 9.48. The molecule has 190 valence electrons. The molecule has 0 aliphatic heterocycles. The lowest BCUT2D eigenvalue weighted by Gasteiger charge is -2.32. The van der Waals surface area contributed by atoms with E-state index in [2.05, 4.69) is 94.1 Å². The van der Waals surface area contributed by atoms with E-state index in [4.69, 9.17) is 17.4 Å². The summed E-state index contributed by atoms with van der Waals surface area (Å²) in [6, 6.07) is 25.5. The third-order valence-electron chi connectivity index (χ3n) is 6.34. The molecule has 0 atom stereocenters. The fraction of sp³-hybridized carbons (Fsp3) is 0.300. The van der Waals surface area contributed by atoms with Crippen molar-refractivity contribution in [3.63, 3.8) is 0 Å². The predicted octanol–water partition coefficient (Wildman–Crippen LogP) is 5.60. The Balaban J connectivity index is 1.93. The molecule has 0 fully saturated rings. The first-order chi connectivity index (χ1) is 17.0. The van der Waals surface area contributed by atoms with Crippen molar-refractivity contribution in [2.75, 3.05) is 63.1 Å². The first-order valence-corrected chi connectivity index (χ1v) is 12.4. The van der Waals surface area contributed by atoms with E-state index in [1.54, 1.807) is 6.92 Å². The van der Waals surface area contributed by atoms with Gasteiger partial charge in [0.05, 0.1) is 11.3 Å². The van der Waals surface area contributed by atoms with Crippen LogP contribution in [0.15, 0.2) is 84.9 Å². The Bertz CT molecular complexity index is 1120. The van der Waals surface area contributed by atoms with E-state index < -0.39 is 4.75 Å². The van der Waals surface area contributed by atoms with Gasteiger partial charge in [-0.25, -0.2) is 4.79 Å². The number of benzene rings is 3. The molecule has 0 saturated heterocycles. The number of hydrogen-bond donors (Lipinski definition) is 1. The molecule has 0 radical (unpaired) electrons. The molecule has 0 aliphatic rings. The van der Waals surface area contributed by atoms with Crippen molar-refractivity contribution in [1.29, 1.82) is 0 Å². The van der Waals surface area contributed by atoms with E-state index in [1.165, 1.54) is 0 Å². The molecule has 6 heteroatoms. The zero-order valence-electron chi connectivity index (χ0n) is 22.2. The Hall–Kier alpha value is -3.38. The average Bonchev–Trinajstić information content (AvgIpc) is 2.88. The second kappa shape index (κ2) is 11.6. The second-order valence-corrected chi connectivity index (χ2v) is 10.1. The zero-order valence-corrected chi connectivity index (χ0v) is 23.0. The van der Waals surface area contributed by atoms with Crippen LogP contribution in [0.1, 0.15) is 23.6 Å². The van der Waals surface area contributed by atoms with Gasteiger partial charge in [0.2, 0.25) is 0 Å². The molecule has 0 spiro atoms. The molecule has 0 bridgehead atoms. The Morgan fingerprint density at radius 3 is 1.44 bits per heavy atom. The largest absolute Gasteiger partial charge is 0.460 e. The minimum absolute atomic E-state index is 0.302. The maximum atomic E-state index is 11.6. The number of nitrogens with zero attached hydrogens (tertiary/aromatic N) is 3. The van der Waals surface area contributed by atoms with E-state index in [9.17, 15) is 4.79 Å². The standard InChI is InChI=1S/C30H37N3O2S/c1-22(2)29(34)35-21-20-33(7)28-18-12-25(13-19-28)30(36,23-8-14-26(15-9-23)31(3)4)24-10-16-27(17-11-24)32(5)6/h8-19,36H,1,20-21H2,2-7H3. The molecule has 0 amide bonds. The van der Waals surface area contributed by atoms with Crippen LogP contribution in [0.4, 0.5) is 17.1 Å². The van der Waals surface area contributed by atoms with Gasteiger partial charge in [0.15, 0.2) is 0 Å². The number of hydrogen-bond acceptors (Lipinski definition) is 6. The van der Waals surface area contributed by atoms with Gasteiger partial charge in [-0.3, -0.25) is 0 Å². The summed E-state index contributed by atoms with van der Waals surface area (Å²) in [6.45, 7) is 6.16. The lowest BCUT2D eigenvalue weighted by molar-refractivity contribution is -0.138. The fourth-order valence-corrected chi connectivity index (χ4v) is 4.43. The molecule has 3 aromatic rings. The lowest BCUT2D eigenvalue weighted by Crippen LogP contribution is -2.25. The lowest BCUT2D eigenvalue weighted by atomic mass is 9.83. The van der Waals surface area contributed by atoms with Gasteiger partial charge >= 0.3 is 5.97 Å². The van der Waals surface area contributed by atoms with Crippen LogP contribution in [-0.4, -0.2) is 54.4 Å². The first-order valence-electron chi connectivity index (χ1n) is 12.0. The van der Waals surface area contributed by atoms with Crippen LogP contribution in [-0.2, 0) is 14.3 Å². The van der Waals surface area contributed by atoms with Crippen molar-refractivity contribution in [2.24, 2.45) is 0 Å². The van der Waals surface area contributed by atoms with Crippen molar-refractivity contribution < 1.29 is 9.53 Å². The molecule has 0 unspecified atom stereocenters. The highest BCUT2D eigenvalue weighted by molar-refractivity contribution is 7.81. The summed E-state index contributed by atoms with van der Waals surface area (Å²) in [5, 5.41) is 0. The SMILES string of the molecule is C=C(C)C(=O)OCCN(C)c1ccc(C(S)(c2ccc(N(C)C)cc2)c2ccc(N(C)C)cc2)cc1. The molecule has 0 saturated carbocycles. The van der Waals surface area contributed by atoms with Gasteiger partial charge in [-0.15, -0.1) is 0 Å². The number of esters is 1. The quantitative estimate of drug-likeness (QED) is 0.169. The number of rotatable bonds is 10. The van der Waals surface area contributed by atoms with Crippen LogP contribution in [0.2, 0.25) is 0 Å². The van der Waals surface area contributed by atoms with E-state index >= 15 is 0 Å². The van der Waals surface area contributed by atoms with Crippen molar-refractivity contribution in [2.45, 2.75) is 11.7 Å². The Morgan fingerprint density at radius 1 is 0.750 bits per heavy atom. The Morgan fingerprint density at radius 2 is 1.11 bits per heavy atom. The highest BCUT2D eigenvalue weighted by Crippen LogP contribution is 2.44. The van der Waals surface area contributed by atoms with Gasteiger partial charge in [-0.05, 0) is 60.0 Å². The number of thiol groups is 1. The molecule has 0 aromatic heterocycles. The molecular formula is C30H37N3O2S. The summed E-state index contributed by atoms with van der Waals surface area (Å²) in [6.07, 6.45) is 0. The van der Waals surface area contributed by atoms with Gasteiger partial charge in [-0.1, -0.05) is 43.0 Å². The van der Waals surface area contributed by atoms with Crippen LogP contribution >= 0.6 is 12.6 Å². The third kappa shape index (κ3) is 6.05. The highest BCUT2D eigenvalue weighted by atomic mass is 32.1. The topological polar surface area (TPSA) is 36.0 Å². The summed E-state index contributed by atoms with van der Waals surface area (Å²) in [5.41, 5.74) is 7.00. The van der Waals surface area contributed by atoms with Crippen molar-refractivity contribution in [3.05, 3.63) is 102 Å². The number of ether oxygens (including phenoxy) is 1. The average molecular weight is 504 g/mol. The molecule has 0 aliphatic carbocycles. The Labute approximate surface area is 221 Å². The smallest absolute Gasteiger partial charge is 0.333 e. The van der Waals surface area contributed by atoms with Crippen LogP contribution in [0.5, 0.6) is 0 Å². The fourth-order valence-electron chi connectivity index (χ4n) is 3.99. The molecular weight excluding hydrogens is 466 g/mol. The van der Waals surface area contributed by atoms with E-state index in [1.807, 2.05) is 35.2 Å². The minimum Gasteiger partial charge on any atom is -0.460 e. The van der Waals surface area contributed by atoms with Gasteiger partial charge < -0.3 is 19.4 Å². The summed E-state index contributed by atoms with van der Waals surface area (Å²) >= 11 is 5.34. The van der Waals surface area contributed by atoms with Gasteiger partial charge in [0, 0.05) is 57.9 Å². The summed E-state index contributed by atoms with van der Waals surface area (Å²) < 4.78 is 4.61. The summed E-state index contributed by atoms with van der Waals surface area (Å²) in [4.78, 5) is 17.9. The van der Waals surface area contributed by atoms with Crippen LogP contribution in [0.25, 0.3) is 0 Å². The third-order valence-corrected chi connectivity index (χ3v) is 7.11. The maximum Gasteiger partial charge on any atom is 0.333 e. The van der Waals surface area contributed by atoms with E-state index in [0.29, 0.717) is 18.7 Å². The Kier molecular flexibility index (Phi) is 8.75. The monoisotopic (exact) mass is 503 g/mol. The van der Waals surface area contributed by atoms with Crippen molar-refractivity contribution in [3.8, 4) is 0 Å². The number of likely N-dealkylation sites (N-methyl/N-ethyl adjacent to an activating group) is 1. The van der Waals surface area contributed by atoms with Crippen LogP contribution in [0, 0.1) is 0 Å². The van der Waals surface area contributed by atoms with Crippen LogP contribution in [0.3, 0.4) is 0 Å². The summed E-state index contributed by atoms with van der Waals surface area (Å²) in [7, 11) is 10.1. The van der Waals surface area contributed by atoms with E-state index in [0.717, 1.165) is 33.8 Å². The predicted molar refractivity (Wildman–Crippen MR) is 156 cm³/mol. The normalized spacial score (nSPS) is 11.1. The molecule has 36 heavy (non-hydrogen) atoms. The number of anilines is 3. The van der Waals surface area contributed by atoms with Gasteiger partial charge in [0.25, 0.3) is 0 Å². The van der Waals surface area contributed by atoms with Gasteiger partial charge in [0.1, 0.15) is 6.61 Å². The molecule has 0 heterocycles. The molecule has 0 N–H and O–H groups in total. The van der Waals surface area contributed by atoms with Crippen LogP contribution < -0.4 is 14.7 Å². The zero-order chi connectivity index (χ0) is 26.5. The first kappa shape index (κ1) is 27.2. The van der Waals surface area contributed by atoms with E-state index in [-0.39, 0.29) is 5.97 Å². The maximum absolute atomic E-state index is 11.6. The van der Waals surface area contributed by atoms with Crippen molar-refractivity contribution >= 4 is 35.7 Å². The minimum atomic E-state index is -0.635. The van der Waals surface area contributed by atoms with Crippen molar-refractivity contribution in [1.82, 2.24) is 0 Å². The number of carbonyl (C=O) groups is 1. The molecule has 3 aromatic carbocycles. The molecule has 3 rings (SSSR count). The molecule has 5 nitrogen and oxygen atoms in total. The number of carbonyl (C=O) groups excluding carboxylic acids is 1. The summed E-state index contributed by atoms with van der Waals surface area (Å²) in [5.74, 6) is -0.362. The van der Waals surface area contributed by atoms with Gasteiger partial charge in [-0.2, -0.15) is 12.6 Å². The highest BCUT2D eigenvalue weighted by Gasteiger charge is 2.32.